The number of carbonyl (C=O) groups excluding carboxylic acids is 1. The van der Waals surface area contributed by atoms with Crippen molar-refractivity contribution in [2.75, 3.05) is 0 Å². The van der Waals surface area contributed by atoms with E-state index >= 15 is 0 Å². The Kier molecular flexibility index (Phi) is 4.41. The van der Waals surface area contributed by atoms with Crippen LogP contribution in [0.4, 0.5) is 0 Å². The van der Waals surface area contributed by atoms with Crippen molar-refractivity contribution in [1.29, 1.82) is 0 Å². The summed E-state index contributed by atoms with van der Waals surface area (Å²) in [5, 5.41) is 5.33. The fourth-order valence-electron chi connectivity index (χ4n) is 1.82. The maximum absolute atomic E-state index is 11.9. The zero-order valence-electron chi connectivity index (χ0n) is 11.6. The minimum absolute atomic E-state index is 0.120. The van der Waals surface area contributed by atoms with Gasteiger partial charge in [0.05, 0.1) is 0 Å². The second-order valence-corrected chi connectivity index (χ2v) is 5.32. The summed E-state index contributed by atoms with van der Waals surface area (Å²) in [5.74, 6) is 0.602. The topological polar surface area (TPSA) is 64.1 Å². The van der Waals surface area contributed by atoms with Crippen LogP contribution in [0.25, 0.3) is 0 Å². The van der Waals surface area contributed by atoms with Crippen LogP contribution in [0.15, 0.2) is 60.4 Å². The molecule has 2 heterocycles. The molecule has 1 aromatic carbocycles. The summed E-state index contributed by atoms with van der Waals surface area (Å²) in [6.07, 6.45) is 4.89. The zero-order chi connectivity index (χ0) is 15.2. The van der Waals surface area contributed by atoms with Crippen molar-refractivity contribution in [3.8, 4) is 10.9 Å². The smallest absolute Gasteiger partial charge is 0.278 e. The molecule has 0 fully saturated rings. The van der Waals surface area contributed by atoms with E-state index in [0.717, 1.165) is 11.3 Å². The van der Waals surface area contributed by atoms with E-state index in [1.807, 2.05) is 29.6 Å². The van der Waals surface area contributed by atoms with E-state index < -0.39 is 0 Å². The molecular formula is C16H13N3O2S. The van der Waals surface area contributed by atoms with E-state index in [1.54, 1.807) is 30.7 Å². The van der Waals surface area contributed by atoms with Crippen LogP contribution < -0.4 is 10.1 Å². The molecule has 3 aromatic rings. The second kappa shape index (κ2) is 6.82. The van der Waals surface area contributed by atoms with E-state index in [4.69, 9.17) is 4.74 Å². The first-order valence-electron chi connectivity index (χ1n) is 6.66. The predicted octanol–water partition coefficient (Wildman–Crippen LogP) is 3.26. The number of ether oxygens (including phenoxy) is 1. The van der Waals surface area contributed by atoms with E-state index in [0.29, 0.717) is 17.3 Å². The monoisotopic (exact) mass is 311 g/mol. The molecule has 1 amide bonds. The van der Waals surface area contributed by atoms with Gasteiger partial charge in [-0.1, -0.05) is 23.5 Å². The minimum Gasteiger partial charge on any atom is -0.431 e. The Morgan fingerprint density at radius 2 is 1.86 bits per heavy atom. The Morgan fingerprint density at radius 3 is 2.55 bits per heavy atom. The molecule has 0 unspecified atom stereocenters. The number of hydrogen-bond acceptors (Lipinski definition) is 5. The molecule has 0 bridgehead atoms. The summed E-state index contributed by atoms with van der Waals surface area (Å²) >= 11 is 1.44. The number of carbonyl (C=O) groups is 1. The summed E-state index contributed by atoms with van der Waals surface area (Å²) in [4.78, 5) is 19.9. The average molecular weight is 311 g/mol. The highest BCUT2D eigenvalue weighted by molar-refractivity contribution is 7.11. The van der Waals surface area contributed by atoms with Crippen molar-refractivity contribution in [3.63, 3.8) is 0 Å². The van der Waals surface area contributed by atoms with Gasteiger partial charge in [-0.2, -0.15) is 0 Å². The number of nitrogens with zero attached hydrogens (tertiary/aromatic N) is 2. The summed E-state index contributed by atoms with van der Waals surface area (Å²) in [7, 11) is 0. The van der Waals surface area contributed by atoms with E-state index in [9.17, 15) is 4.79 Å². The number of thiazole rings is 1. The highest BCUT2D eigenvalue weighted by Crippen LogP contribution is 2.23. The highest BCUT2D eigenvalue weighted by atomic mass is 32.1. The van der Waals surface area contributed by atoms with Gasteiger partial charge in [0, 0.05) is 36.1 Å². The van der Waals surface area contributed by atoms with Gasteiger partial charge in [0.1, 0.15) is 5.75 Å². The molecule has 0 aliphatic heterocycles. The number of amides is 1. The molecule has 5 nitrogen and oxygen atoms in total. The van der Waals surface area contributed by atoms with Crippen LogP contribution >= 0.6 is 11.3 Å². The second-order valence-electron chi connectivity index (χ2n) is 4.46. The summed E-state index contributed by atoms with van der Waals surface area (Å²) in [6, 6.07) is 10.9. The van der Waals surface area contributed by atoms with Gasteiger partial charge >= 0.3 is 0 Å². The standard InChI is InChI=1S/C16H13N3O2S/c20-15(13-5-7-17-8-6-13)19-11-12-1-3-14(4-2-12)21-16-18-9-10-22-16/h1-10H,11H2,(H,19,20). The van der Waals surface area contributed by atoms with Crippen LogP contribution in [0.3, 0.4) is 0 Å². The van der Waals surface area contributed by atoms with Crippen molar-refractivity contribution in [3.05, 3.63) is 71.5 Å². The van der Waals surface area contributed by atoms with Crippen molar-refractivity contribution in [2.45, 2.75) is 6.54 Å². The van der Waals surface area contributed by atoms with Gasteiger partial charge in [0.2, 0.25) is 0 Å². The molecule has 0 radical (unpaired) electrons. The lowest BCUT2D eigenvalue weighted by Gasteiger charge is -2.06. The summed E-state index contributed by atoms with van der Waals surface area (Å²) < 4.78 is 5.58. The number of benzene rings is 1. The molecule has 0 saturated heterocycles. The summed E-state index contributed by atoms with van der Waals surface area (Å²) in [5.41, 5.74) is 1.59. The van der Waals surface area contributed by atoms with Gasteiger partial charge in [-0.05, 0) is 29.8 Å². The molecular weight excluding hydrogens is 298 g/mol. The SMILES string of the molecule is O=C(NCc1ccc(Oc2nccs2)cc1)c1ccncc1. The first-order valence-corrected chi connectivity index (χ1v) is 7.54. The van der Waals surface area contributed by atoms with Gasteiger partial charge in [0.15, 0.2) is 0 Å². The third-order valence-corrected chi connectivity index (χ3v) is 3.58. The Morgan fingerprint density at radius 1 is 1.09 bits per heavy atom. The Balaban J connectivity index is 1.56. The maximum atomic E-state index is 11.9. The van der Waals surface area contributed by atoms with E-state index in [2.05, 4.69) is 15.3 Å². The number of aromatic nitrogens is 2. The average Bonchev–Trinajstić information content (AvgIpc) is 3.08. The first kappa shape index (κ1) is 14.2. The predicted molar refractivity (Wildman–Crippen MR) is 84.0 cm³/mol. The van der Waals surface area contributed by atoms with Crippen molar-refractivity contribution >= 4 is 17.2 Å². The first-order chi connectivity index (χ1) is 10.8. The van der Waals surface area contributed by atoms with Gasteiger partial charge in [-0.3, -0.25) is 9.78 Å². The third kappa shape index (κ3) is 3.67. The minimum atomic E-state index is -0.120. The summed E-state index contributed by atoms with van der Waals surface area (Å²) in [6.45, 7) is 0.457. The van der Waals surface area contributed by atoms with Gasteiger partial charge in [-0.25, -0.2) is 4.98 Å². The van der Waals surface area contributed by atoms with Crippen molar-refractivity contribution in [2.24, 2.45) is 0 Å². The van der Waals surface area contributed by atoms with Gasteiger partial charge in [0.25, 0.3) is 11.1 Å². The molecule has 1 N–H and O–H groups in total. The number of hydrogen-bond donors (Lipinski definition) is 1. The van der Waals surface area contributed by atoms with Gasteiger partial charge < -0.3 is 10.1 Å². The molecule has 0 saturated carbocycles. The molecule has 0 atom stereocenters. The lowest BCUT2D eigenvalue weighted by Crippen LogP contribution is -2.22. The molecule has 3 rings (SSSR count). The fraction of sp³-hybridized carbons (Fsp3) is 0.0625. The Bertz CT molecular complexity index is 728. The molecule has 0 aliphatic carbocycles. The van der Waals surface area contributed by atoms with Crippen LogP contribution in [0, 0.1) is 0 Å². The quantitative estimate of drug-likeness (QED) is 0.785. The normalized spacial score (nSPS) is 10.2. The lowest BCUT2D eigenvalue weighted by molar-refractivity contribution is 0.0951. The van der Waals surface area contributed by atoms with Crippen LogP contribution in [-0.2, 0) is 6.54 Å². The van der Waals surface area contributed by atoms with Crippen LogP contribution in [0.2, 0.25) is 0 Å². The van der Waals surface area contributed by atoms with E-state index in [1.165, 1.54) is 11.3 Å². The fourth-order valence-corrected chi connectivity index (χ4v) is 2.33. The van der Waals surface area contributed by atoms with Crippen LogP contribution in [-0.4, -0.2) is 15.9 Å². The third-order valence-electron chi connectivity index (χ3n) is 2.93. The maximum Gasteiger partial charge on any atom is 0.278 e. The van der Waals surface area contributed by atoms with Gasteiger partial charge in [-0.15, -0.1) is 0 Å². The molecule has 0 spiro atoms. The van der Waals surface area contributed by atoms with Crippen LogP contribution in [0.5, 0.6) is 10.9 Å². The number of rotatable bonds is 5. The highest BCUT2D eigenvalue weighted by Gasteiger charge is 2.05. The van der Waals surface area contributed by atoms with Crippen LogP contribution in [0.1, 0.15) is 15.9 Å². The molecule has 0 aliphatic rings. The molecule has 2 aromatic heterocycles. The van der Waals surface area contributed by atoms with Crippen molar-refractivity contribution < 1.29 is 9.53 Å². The van der Waals surface area contributed by atoms with Crippen molar-refractivity contribution in [1.82, 2.24) is 15.3 Å². The molecule has 110 valence electrons. The Hall–Kier alpha value is -2.73. The zero-order valence-corrected chi connectivity index (χ0v) is 12.4. The largest absolute Gasteiger partial charge is 0.431 e. The molecule has 6 heteroatoms. The Labute approximate surface area is 131 Å². The molecule has 22 heavy (non-hydrogen) atoms. The number of nitrogens with one attached hydrogen (secondary N) is 1. The number of pyridine rings is 1. The lowest BCUT2D eigenvalue weighted by atomic mass is 10.2. The van der Waals surface area contributed by atoms with E-state index in [-0.39, 0.29) is 5.91 Å².